The highest BCUT2D eigenvalue weighted by Crippen LogP contribution is 2.24. The Morgan fingerprint density at radius 3 is 2.75 bits per heavy atom. The molecule has 1 aromatic rings. The van der Waals surface area contributed by atoms with Gasteiger partial charge in [-0.2, -0.15) is 5.26 Å². The Labute approximate surface area is 94.1 Å². The minimum atomic E-state index is -0.476. The number of nitriles is 1. The zero-order valence-corrected chi connectivity index (χ0v) is 9.28. The largest absolute Gasteiger partial charge is 0.508 e. The molecule has 1 aromatic carbocycles. The van der Waals surface area contributed by atoms with Gasteiger partial charge in [0, 0.05) is 5.56 Å². The van der Waals surface area contributed by atoms with Crippen molar-refractivity contribution in [3.8, 4) is 11.8 Å². The van der Waals surface area contributed by atoms with E-state index in [9.17, 15) is 9.90 Å². The molecular weight excluding hydrogens is 206 g/mol. The highest BCUT2D eigenvalue weighted by molar-refractivity contribution is 5.74. The zero-order chi connectivity index (χ0) is 12.1. The van der Waals surface area contributed by atoms with Crippen molar-refractivity contribution in [2.24, 2.45) is 0 Å². The second-order valence-corrected chi connectivity index (χ2v) is 3.36. The van der Waals surface area contributed by atoms with Gasteiger partial charge in [0.05, 0.1) is 25.2 Å². The van der Waals surface area contributed by atoms with Crippen LogP contribution >= 0.6 is 0 Å². The molecular formula is C12H13NO3. The SMILES string of the molecule is CCc1cc(O)c(CC(=O)OC)c(C#N)c1. The smallest absolute Gasteiger partial charge is 0.310 e. The lowest BCUT2D eigenvalue weighted by Crippen LogP contribution is -2.06. The number of benzene rings is 1. The number of carbonyl (C=O) groups is 1. The van der Waals surface area contributed by atoms with Crippen molar-refractivity contribution >= 4 is 5.97 Å². The number of ether oxygens (including phenoxy) is 1. The van der Waals surface area contributed by atoms with E-state index in [0.29, 0.717) is 11.1 Å². The normalized spacial score (nSPS) is 9.56. The molecule has 0 aromatic heterocycles. The fourth-order valence-electron chi connectivity index (χ4n) is 1.42. The van der Waals surface area contributed by atoms with Crippen LogP contribution in [0.1, 0.15) is 23.6 Å². The standard InChI is InChI=1S/C12H13NO3/c1-3-8-4-9(7-13)10(11(14)5-8)6-12(15)16-2/h4-5,14H,3,6H2,1-2H3. The van der Waals surface area contributed by atoms with Gasteiger partial charge in [-0.25, -0.2) is 0 Å². The third-order valence-corrected chi connectivity index (χ3v) is 2.36. The van der Waals surface area contributed by atoms with Gasteiger partial charge in [-0.15, -0.1) is 0 Å². The van der Waals surface area contributed by atoms with Crippen molar-refractivity contribution in [2.45, 2.75) is 19.8 Å². The number of hydrogen-bond acceptors (Lipinski definition) is 4. The number of phenols is 1. The van der Waals surface area contributed by atoms with Crippen LogP contribution in [-0.2, 0) is 22.4 Å². The Bertz CT molecular complexity index is 446. The van der Waals surface area contributed by atoms with Crippen LogP contribution in [0.3, 0.4) is 0 Å². The van der Waals surface area contributed by atoms with Crippen LogP contribution in [0.25, 0.3) is 0 Å². The highest BCUT2D eigenvalue weighted by Gasteiger charge is 2.13. The summed E-state index contributed by atoms with van der Waals surface area (Å²) in [5, 5.41) is 18.7. The summed E-state index contributed by atoms with van der Waals surface area (Å²) in [4.78, 5) is 11.1. The van der Waals surface area contributed by atoms with E-state index in [1.165, 1.54) is 7.11 Å². The molecule has 0 amide bonds. The van der Waals surface area contributed by atoms with Gasteiger partial charge >= 0.3 is 5.97 Å². The molecule has 0 saturated heterocycles. The molecule has 0 aliphatic rings. The molecule has 0 bridgehead atoms. The van der Waals surface area contributed by atoms with Crippen molar-refractivity contribution in [1.82, 2.24) is 0 Å². The molecule has 4 heteroatoms. The van der Waals surface area contributed by atoms with E-state index < -0.39 is 5.97 Å². The van der Waals surface area contributed by atoms with Gasteiger partial charge in [0.2, 0.25) is 0 Å². The monoisotopic (exact) mass is 219 g/mol. The summed E-state index contributed by atoms with van der Waals surface area (Å²) in [6.07, 6.45) is 0.635. The lowest BCUT2D eigenvalue weighted by molar-refractivity contribution is -0.139. The zero-order valence-electron chi connectivity index (χ0n) is 9.28. The second kappa shape index (κ2) is 5.17. The summed E-state index contributed by atoms with van der Waals surface area (Å²) in [5.41, 5.74) is 1.51. The maximum absolute atomic E-state index is 11.1. The minimum absolute atomic E-state index is 0.0266. The lowest BCUT2D eigenvalue weighted by Gasteiger charge is -2.08. The Kier molecular flexibility index (Phi) is 3.90. The van der Waals surface area contributed by atoms with Gasteiger partial charge in [0.25, 0.3) is 0 Å². The van der Waals surface area contributed by atoms with E-state index in [0.717, 1.165) is 12.0 Å². The van der Waals surface area contributed by atoms with Gasteiger partial charge in [0.15, 0.2) is 0 Å². The molecule has 0 fully saturated rings. The maximum atomic E-state index is 11.1. The van der Waals surface area contributed by atoms with E-state index in [-0.39, 0.29) is 12.2 Å². The summed E-state index contributed by atoms with van der Waals surface area (Å²) >= 11 is 0. The molecule has 1 rings (SSSR count). The first-order chi connectivity index (χ1) is 7.62. The van der Waals surface area contributed by atoms with Crippen molar-refractivity contribution in [3.05, 3.63) is 28.8 Å². The van der Waals surface area contributed by atoms with Gasteiger partial charge in [0.1, 0.15) is 5.75 Å². The number of methoxy groups -OCH3 is 1. The van der Waals surface area contributed by atoms with Crippen molar-refractivity contribution in [2.75, 3.05) is 7.11 Å². The predicted molar refractivity (Wildman–Crippen MR) is 57.9 cm³/mol. The van der Waals surface area contributed by atoms with Crippen LogP contribution in [0, 0.1) is 11.3 Å². The number of aryl methyl sites for hydroxylation is 1. The molecule has 1 N–H and O–H groups in total. The van der Waals surface area contributed by atoms with E-state index >= 15 is 0 Å². The second-order valence-electron chi connectivity index (χ2n) is 3.36. The third-order valence-electron chi connectivity index (χ3n) is 2.36. The predicted octanol–water partition coefficient (Wildman–Crippen LogP) is 1.54. The summed E-state index contributed by atoms with van der Waals surface area (Å²) in [5.74, 6) is -0.502. The number of aromatic hydroxyl groups is 1. The average molecular weight is 219 g/mol. The van der Waals surface area contributed by atoms with E-state index in [1.54, 1.807) is 12.1 Å². The molecule has 0 aliphatic carbocycles. The number of rotatable bonds is 3. The molecule has 0 aliphatic heterocycles. The molecule has 16 heavy (non-hydrogen) atoms. The van der Waals surface area contributed by atoms with Crippen LogP contribution in [0.4, 0.5) is 0 Å². The third kappa shape index (κ3) is 2.51. The number of carbonyl (C=O) groups excluding carboxylic acids is 1. The first kappa shape index (κ1) is 12.1. The number of phenolic OH excluding ortho intramolecular Hbond substituents is 1. The van der Waals surface area contributed by atoms with Crippen LogP contribution < -0.4 is 0 Å². The first-order valence-electron chi connectivity index (χ1n) is 4.94. The van der Waals surface area contributed by atoms with Gasteiger partial charge in [-0.1, -0.05) is 6.92 Å². The summed E-state index contributed by atoms with van der Waals surface area (Å²) in [6, 6.07) is 5.22. The summed E-state index contributed by atoms with van der Waals surface area (Å²) in [6.45, 7) is 1.93. The minimum Gasteiger partial charge on any atom is -0.508 e. The quantitative estimate of drug-likeness (QED) is 0.783. The molecule has 0 radical (unpaired) electrons. The Balaban J connectivity index is 3.18. The topological polar surface area (TPSA) is 70.3 Å². The van der Waals surface area contributed by atoms with Crippen LogP contribution in [-0.4, -0.2) is 18.2 Å². The molecule has 0 heterocycles. The lowest BCUT2D eigenvalue weighted by atomic mass is 10.00. The van der Waals surface area contributed by atoms with Crippen LogP contribution in [0.15, 0.2) is 12.1 Å². The molecule has 0 spiro atoms. The first-order valence-corrected chi connectivity index (χ1v) is 4.94. The molecule has 0 unspecified atom stereocenters. The average Bonchev–Trinajstić information content (AvgIpc) is 2.30. The Hall–Kier alpha value is -2.02. The van der Waals surface area contributed by atoms with E-state index in [2.05, 4.69) is 4.74 Å². The molecule has 84 valence electrons. The van der Waals surface area contributed by atoms with Gasteiger partial charge in [-0.05, 0) is 24.1 Å². The molecule has 0 saturated carbocycles. The summed E-state index contributed by atoms with van der Waals surface area (Å²) in [7, 11) is 1.27. The van der Waals surface area contributed by atoms with E-state index in [1.807, 2.05) is 13.0 Å². The highest BCUT2D eigenvalue weighted by atomic mass is 16.5. The molecule has 4 nitrogen and oxygen atoms in total. The van der Waals surface area contributed by atoms with Crippen LogP contribution in [0.5, 0.6) is 5.75 Å². The number of nitrogens with zero attached hydrogens (tertiary/aromatic N) is 1. The Morgan fingerprint density at radius 1 is 1.56 bits per heavy atom. The number of hydrogen-bond donors (Lipinski definition) is 1. The fraction of sp³-hybridized carbons (Fsp3) is 0.333. The van der Waals surface area contributed by atoms with E-state index in [4.69, 9.17) is 5.26 Å². The van der Waals surface area contributed by atoms with Crippen molar-refractivity contribution < 1.29 is 14.6 Å². The number of esters is 1. The molecule has 0 atom stereocenters. The maximum Gasteiger partial charge on any atom is 0.310 e. The van der Waals surface area contributed by atoms with Gasteiger partial charge < -0.3 is 9.84 Å². The van der Waals surface area contributed by atoms with Crippen LogP contribution in [0.2, 0.25) is 0 Å². The Morgan fingerprint density at radius 2 is 2.25 bits per heavy atom. The summed E-state index contributed by atoms with van der Waals surface area (Å²) < 4.78 is 4.51. The van der Waals surface area contributed by atoms with Crippen molar-refractivity contribution in [3.63, 3.8) is 0 Å². The van der Waals surface area contributed by atoms with Gasteiger partial charge in [-0.3, -0.25) is 4.79 Å². The fourth-order valence-corrected chi connectivity index (χ4v) is 1.42. The van der Waals surface area contributed by atoms with Crippen molar-refractivity contribution in [1.29, 1.82) is 5.26 Å².